The van der Waals surface area contributed by atoms with E-state index >= 15 is 0 Å². The molecule has 122 valence electrons. The van der Waals surface area contributed by atoms with Crippen molar-refractivity contribution in [1.82, 2.24) is 0 Å². The van der Waals surface area contributed by atoms with Crippen LogP contribution in [0.1, 0.15) is 30.0 Å². The molecule has 0 saturated heterocycles. The van der Waals surface area contributed by atoms with Crippen molar-refractivity contribution < 1.29 is 23.0 Å². The van der Waals surface area contributed by atoms with E-state index in [-0.39, 0.29) is 30.3 Å². The van der Waals surface area contributed by atoms with Gasteiger partial charge in [-0.1, -0.05) is 19.1 Å². The van der Waals surface area contributed by atoms with Gasteiger partial charge < -0.3 is 9.47 Å². The van der Waals surface area contributed by atoms with E-state index in [0.717, 1.165) is 17.7 Å². The molecule has 0 radical (unpaired) electrons. The largest absolute Gasteiger partial charge is 0.486 e. The minimum Gasteiger partial charge on any atom is -0.486 e. The van der Waals surface area contributed by atoms with Crippen molar-refractivity contribution in [2.45, 2.75) is 33.8 Å². The molecule has 3 nitrogen and oxygen atoms in total. The lowest BCUT2D eigenvalue weighted by molar-refractivity contribution is -0.134. The van der Waals surface area contributed by atoms with Crippen molar-refractivity contribution in [3.8, 4) is 11.5 Å². The normalized spacial score (nSPS) is 10.5. The SMILES string of the molecule is CCC(=O)Oc1cccc(C)c1COc1cc(F)c(C)cc1F. The van der Waals surface area contributed by atoms with Crippen LogP contribution in [0.5, 0.6) is 11.5 Å². The van der Waals surface area contributed by atoms with Crippen LogP contribution in [0, 0.1) is 25.5 Å². The Bertz CT molecular complexity index is 726. The first-order valence-corrected chi connectivity index (χ1v) is 7.30. The Labute approximate surface area is 133 Å². The van der Waals surface area contributed by atoms with Crippen molar-refractivity contribution >= 4 is 5.97 Å². The molecule has 2 rings (SSSR count). The minimum absolute atomic E-state index is 0.0293. The Balaban J connectivity index is 2.23. The number of carbonyl (C=O) groups is 1. The molecule has 0 aliphatic rings. The van der Waals surface area contributed by atoms with Crippen molar-refractivity contribution in [1.29, 1.82) is 0 Å². The molecule has 0 amide bonds. The fourth-order valence-corrected chi connectivity index (χ4v) is 2.04. The second-order valence-corrected chi connectivity index (χ2v) is 5.20. The Kier molecular flexibility index (Phi) is 5.32. The van der Waals surface area contributed by atoms with E-state index in [1.54, 1.807) is 19.1 Å². The van der Waals surface area contributed by atoms with Crippen LogP contribution in [0.3, 0.4) is 0 Å². The Morgan fingerprint density at radius 2 is 1.78 bits per heavy atom. The Hall–Kier alpha value is -2.43. The van der Waals surface area contributed by atoms with Crippen LogP contribution >= 0.6 is 0 Å². The summed E-state index contributed by atoms with van der Waals surface area (Å²) in [5.74, 6) is -1.35. The number of esters is 1. The van der Waals surface area contributed by atoms with Gasteiger partial charge in [-0.05, 0) is 37.1 Å². The number of benzene rings is 2. The maximum atomic E-state index is 13.8. The molecule has 0 aliphatic heterocycles. The number of hydrogen-bond donors (Lipinski definition) is 0. The molecule has 0 aromatic heterocycles. The topological polar surface area (TPSA) is 35.5 Å². The van der Waals surface area contributed by atoms with Crippen LogP contribution in [-0.4, -0.2) is 5.97 Å². The zero-order chi connectivity index (χ0) is 17.0. The maximum absolute atomic E-state index is 13.8. The molecule has 23 heavy (non-hydrogen) atoms. The third-order valence-electron chi connectivity index (χ3n) is 3.46. The molecule has 0 aliphatic carbocycles. The van der Waals surface area contributed by atoms with Crippen LogP contribution in [0.25, 0.3) is 0 Å². The lowest BCUT2D eigenvalue weighted by Gasteiger charge is -2.14. The van der Waals surface area contributed by atoms with Crippen molar-refractivity contribution in [3.05, 3.63) is 58.7 Å². The molecule has 0 unspecified atom stereocenters. The average Bonchev–Trinajstić information content (AvgIpc) is 2.51. The molecule has 0 atom stereocenters. The second-order valence-electron chi connectivity index (χ2n) is 5.20. The van der Waals surface area contributed by atoms with Gasteiger partial charge in [0.2, 0.25) is 0 Å². The molecule has 0 N–H and O–H groups in total. The summed E-state index contributed by atoms with van der Waals surface area (Å²) < 4.78 is 38.0. The second kappa shape index (κ2) is 7.22. The van der Waals surface area contributed by atoms with Gasteiger partial charge in [0.15, 0.2) is 11.6 Å². The van der Waals surface area contributed by atoms with Crippen molar-refractivity contribution in [2.24, 2.45) is 0 Å². The van der Waals surface area contributed by atoms with E-state index < -0.39 is 11.6 Å². The van der Waals surface area contributed by atoms with Crippen LogP contribution in [-0.2, 0) is 11.4 Å². The Morgan fingerprint density at radius 3 is 2.48 bits per heavy atom. The van der Waals surface area contributed by atoms with Crippen LogP contribution in [0.15, 0.2) is 30.3 Å². The van der Waals surface area contributed by atoms with Gasteiger partial charge in [-0.25, -0.2) is 8.78 Å². The molecular weight excluding hydrogens is 302 g/mol. The number of ether oxygens (including phenoxy) is 2. The van der Waals surface area contributed by atoms with Gasteiger partial charge in [-0.3, -0.25) is 4.79 Å². The smallest absolute Gasteiger partial charge is 0.310 e. The zero-order valence-electron chi connectivity index (χ0n) is 13.3. The molecule has 2 aromatic rings. The highest BCUT2D eigenvalue weighted by Crippen LogP contribution is 2.27. The highest BCUT2D eigenvalue weighted by Gasteiger charge is 2.13. The van der Waals surface area contributed by atoms with Gasteiger partial charge in [0.25, 0.3) is 0 Å². The van der Waals surface area contributed by atoms with Gasteiger partial charge in [0.05, 0.1) is 0 Å². The first kappa shape index (κ1) is 16.9. The van der Waals surface area contributed by atoms with E-state index in [9.17, 15) is 13.6 Å². The van der Waals surface area contributed by atoms with Crippen LogP contribution < -0.4 is 9.47 Å². The molecule has 5 heteroatoms. The van der Waals surface area contributed by atoms with Gasteiger partial charge >= 0.3 is 5.97 Å². The lowest BCUT2D eigenvalue weighted by atomic mass is 10.1. The summed E-state index contributed by atoms with van der Waals surface area (Å²) in [7, 11) is 0. The first-order chi connectivity index (χ1) is 10.9. The summed E-state index contributed by atoms with van der Waals surface area (Å²) in [4.78, 5) is 11.5. The highest BCUT2D eigenvalue weighted by molar-refractivity contribution is 5.72. The monoisotopic (exact) mass is 320 g/mol. The third kappa shape index (κ3) is 4.06. The van der Waals surface area contributed by atoms with Crippen molar-refractivity contribution in [2.75, 3.05) is 0 Å². The lowest BCUT2D eigenvalue weighted by Crippen LogP contribution is -2.10. The summed E-state index contributed by atoms with van der Waals surface area (Å²) in [6.07, 6.45) is 0.242. The van der Waals surface area contributed by atoms with Gasteiger partial charge in [0.1, 0.15) is 18.2 Å². The predicted octanol–water partition coefficient (Wildman–Crippen LogP) is 4.48. The maximum Gasteiger partial charge on any atom is 0.310 e. The van der Waals surface area contributed by atoms with Gasteiger partial charge in [-0.2, -0.15) is 0 Å². The number of carbonyl (C=O) groups excluding carboxylic acids is 1. The summed E-state index contributed by atoms with van der Waals surface area (Å²) in [6.45, 7) is 4.97. The number of hydrogen-bond acceptors (Lipinski definition) is 3. The highest BCUT2D eigenvalue weighted by atomic mass is 19.1. The van der Waals surface area contributed by atoms with E-state index in [0.29, 0.717) is 11.3 Å². The van der Waals surface area contributed by atoms with Gasteiger partial charge in [-0.15, -0.1) is 0 Å². The molecule has 0 spiro atoms. The summed E-state index contributed by atoms with van der Waals surface area (Å²) in [6, 6.07) is 7.32. The first-order valence-electron chi connectivity index (χ1n) is 7.30. The number of aryl methyl sites for hydroxylation is 2. The fraction of sp³-hybridized carbons (Fsp3) is 0.278. The molecule has 0 fully saturated rings. The quantitative estimate of drug-likeness (QED) is 0.602. The Morgan fingerprint density at radius 1 is 1.04 bits per heavy atom. The van der Waals surface area contributed by atoms with Crippen LogP contribution in [0.4, 0.5) is 8.78 Å². The molecule has 0 bridgehead atoms. The molecule has 2 aromatic carbocycles. The fourth-order valence-electron chi connectivity index (χ4n) is 2.04. The predicted molar refractivity (Wildman–Crippen MR) is 82.5 cm³/mol. The van der Waals surface area contributed by atoms with E-state index in [1.165, 1.54) is 6.92 Å². The molecule has 0 heterocycles. The summed E-state index contributed by atoms with van der Waals surface area (Å²) in [5.41, 5.74) is 1.66. The van der Waals surface area contributed by atoms with E-state index in [1.807, 2.05) is 13.0 Å². The van der Waals surface area contributed by atoms with Crippen molar-refractivity contribution in [3.63, 3.8) is 0 Å². The zero-order valence-corrected chi connectivity index (χ0v) is 13.3. The summed E-state index contributed by atoms with van der Waals surface area (Å²) in [5, 5.41) is 0. The minimum atomic E-state index is -0.635. The molecular formula is C18H18F2O3. The standard InChI is InChI=1S/C18H18F2O3/c1-4-18(21)23-16-7-5-6-11(2)13(16)10-22-17-9-14(19)12(3)8-15(17)20/h5-9H,4,10H2,1-3H3. The average molecular weight is 320 g/mol. The molecule has 0 saturated carbocycles. The van der Waals surface area contributed by atoms with Gasteiger partial charge in [0, 0.05) is 18.1 Å². The third-order valence-corrected chi connectivity index (χ3v) is 3.46. The summed E-state index contributed by atoms with van der Waals surface area (Å²) >= 11 is 0. The van der Waals surface area contributed by atoms with Crippen LogP contribution in [0.2, 0.25) is 0 Å². The van der Waals surface area contributed by atoms with E-state index in [4.69, 9.17) is 9.47 Å². The van der Waals surface area contributed by atoms with E-state index in [2.05, 4.69) is 0 Å². The number of halogens is 2. The number of rotatable bonds is 5.